The molecule has 0 amide bonds. The molecule has 2 aromatic rings. The second-order valence-electron chi connectivity index (χ2n) is 4.01. The second kappa shape index (κ2) is 5.58. The summed E-state index contributed by atoms with van der Waals surface area (Å²) in [6, 6.07) is 3.26. The van der Waals surface area contributed by atoms with E-state index >= 15 is 0 Å². The molecule has 2 rings (SSSR count). The first-order valence-electron chi connectivity index (χ1n) is 5.52. The summed E-state index contributed by atoms with van der Waals surface area (Å²) in [6.45, 7) is 0. The number of Topliss-reactive ketones (excluding diaryl/α,β-unsaturated/α-hetero) is 1. The highest BCUT2D eigenvalue weighted by Gasteiger charge is 2.34. The summed E-state index contributed by atoms with van der Waals surface area (Å²) in [5.74, 6) is -0.518. The predicted octanol–water partition coefficient (Wildman–Crippen LogP) is 3.57. The summed E-state index contributed by atoms with van der Waals surface area (Å²) in [6.07, 6.45) is -0.560. The molecule has 0 saturated heterocycles. The number of aromatic nitrogens is 2. The Bertz CT molecular complexity index is 629. The van der Waals surface area contributed by atoms with E-state index in [9.17, 15) is 18.0 Å². The van der Waals surface area contributed by atoms with E-state index in [0.29, 0.717) is 5.56 Å². The molecule has 0 aliphatic rings. The third kappa shape index (κ3) is 3.14. The van der Waals surface area contributed by atoms with Crippen LogP contribution >= 0.6 is 11.6 Å². The van der Waals surface area contributed by atoms with Crippen molar-refractivity contribution >= 4 is 17.4 Å². The average Bonchev–Trinajstić information content (AvgIpc) is 2.38. The lowest BCUT2D eigenvalue weighted by Crippen LogP contribution is -2.11. The zero-order chi connectivity index (χ0) is 14.8. The van der Waals surface area contributed by atoms with Gasteiger partial charge < -0.3 is 0 Å². The van der Waals surface area contributed by atoms with E-state index in [-0.39, 0.29) is 12.0 Å². The van der Waals surface area contributed by atoms with Gasteiger partial charge in [0.2, 0.25) is 0 Å². The third-order valence-corrected chi connectivity index (χ3v) is 2.99. The van der Waals surface area contributed by atoms with E-state index in [1.165, 1.54) is 24.8 Å². The molecule has 1 heterocycles. The van der Waals surface area contributed by atoms with Crippen molar-refractivity contribution < 1.29 is 18.0 Å². The maximum Gasteiger partial charge on any atom is 0.417 e. The molecule has 1 aromatic carbocycles. The van der Waals surface area contributed by atoms with Crippen LogP contribution < -0.4 is 0 Å². The SMILES string of the molecule is O=C(Cc1cncnc1)c1cccc(C(F)(F)F)c1Cl. The first-order chi connectivity index (χ1) is 9.39. The normalized spacial score (nSPS) is 11.4. The van der Waals surface area contributed by atoms with Crippen molar-refractivity contribution in [3.05, 3.63) is 58.6 Å². The smallest absolute Gasteiger partial charge is 0.294 e. The molecule has 7 heteroatoms. The van der Waals surface area contributed by atoms with Gasteiger partial charge in [-0.2, -0.15) is 13.2 Å². The fourth-order valence-electron chi connectivity index (χ4n) is 1.67. The number of benzene rings is 1. The van der Waals surface area contributed by atoms with Crippen molar-refractivity contribution in [2.75, 3.05) is 0 Å². The number of ketones is 1. The Balaban J connectivity index is 2.32. The van der Waals surface area contributed by atoms with Crippen LogP contribution in [0.25, 0.3) is 0 Å². The van der Waals surface area contributed by atoms with Crippen LogP contribution in [-0.4, -0.2) is 15.8 Å². The first-order valence-corrected chi connectivity index (χ1v) is 5.90. The standard InChI is InChI=1S/C13H8ClF3N2O/c14-12-9(2-1-3-10(12)13(15,16)17)11(20)4-8-5-18-7-19-6-8/h1-3,5-7H,4H2. The quantitative estimate of drug-likeness (QED) is 0.814. The lowest BCUT2D eigenvalue weighted by atomic mass is 10.0. The number of alkyl halides is 3. The number of halogens is 4. The Kier molecular flexibility index (Phi) is 4.04. The average molecular weight is 301 g/mol. The Morgan fingerprint density at radius 1 is 1.20 bits per heavy atom. The van der Waals surface area contributed by atoms with Crippen LogP contribution in [0.2, 0.25) is 5.02 Å². The fraction of sp³-hybridized carbons (Fsp3) is 0.154. The Labute approximate surface area is 117 Å². The van der Waals surface area contributed by atoms with Crippen molar-refractivity contribution in [2.45, 2.75) is 12.6 Å². The number of hydrogen-bond acceptors (Lipinski definition) is 3. The van der Waals surface area contributed by atoms with Crippen LogP contribution in [0.5, 0.6) is 0 Å². The Morgan fingerprint density at radius 3 is 2.45 bits per heavy atom. The first kappa shape index (κ1) is 14.5. The molecule has 0 bridgehead atoms. The largest absolute Gasteiger partial charge is 0.417 e. The molecule has 0 unspecified atom stereocenters. The molecular weight excluding hydrogens is 293 g/mol. The molecule has 0 saturated carbocycles. The topological polar surface area (TPSA) is 42.9 Å². The highest BCUT2D eigenvalue weighted by Crippen LogP contribution is 2.36. The zero-order valence-corrected chi connectivity index (χ0v) is 10.7. The highest BCUT2D eigenvalue weighted by molar-refractivity contribution is 6.34. The summed E-state index contributed by atoms with van der Waals surface area (Å²) in [5, 5.41) is -0.582. The molecule has 1 aromatic heterocycles. The van der Waals surface area contributed by atoms with Gasteiger partial charge in [-0.25, -0.2) is 9.97 Å². The van der Waals surface area contributed by atoms with Gasteiger partial charge in [-0.05, 0) is 17.7 Å². The fourth-order valence-corrected chi connectivity index (χ4v) is 2.01. The van der Waals surface area contributed by atoms with Gasteiger partial charge in [0.25, 0.3) is 0 Å². The maximum atomic E-state index is 12.7. The van der Waals surface area contributed by atoms with Crippen LogP contribution in [-0.2, 0) is 12.6 Å². The molecule has 0 atom stereocenters. The van der Waals surface area contributed by atoms with Crippen molar-refractivity contribution in [1.29, 1.82) is 0 Å². The molecule has 20 heavy (non-hydrogen) atoms. The monoisotopic (exact) mass is 300 g/mol. The number of carbonyl (C=O) groups is 1. The lowest BCUT2D eigenvalue weighted by molar-refractivity contribution is -0.137. The van der Waals surface area contributed by atoms with Crippen LogP contribution in [0.4, 0.5) is 13.2 Å². The minimum absolute atomic E-state index is 0.109. The van der Waals surface area contributed by atoms with Crippen molar-refractivity contribution in [3.63, 3.8) is 0 Å². The van der Waals surface area contributed by atoms with E-state index in [4.69, 9.17) is 11.6 Å². The highest BCUT2D eigenvalue weighted by atomic mass is 35.5. The summed E-state index contributed by atoms with van der Waals surface area (Å²) in [7, 11) is 0. The van der Waals surface area contributed by atoms with Gasteiger partial charge in [0, 0.05) is 24.4 Å². The molecule has 0 N–H and O–H groups in total. The van der Waals surface area contributed by atoms with Gasteiger partial charge in [0.15, 0.2) is 5.78 Å². The molecule has 0 radical (unpaired) electrons. The summed E-state index contributed by atoms with van der Waals surface area (Å²) < 4.78 is 38.1. The minimum Gasteiger partial charge on any atom is -0.294 e. The molecule has 3 nitrogen and oxygen atoms in total. The van der Waals surface area contributed by atoms with Gasteiger partial charge in [-0.1, -0.05) is 17.7 Å². The summed E-state index contributed by atoms with van der Waals surface area (Å²) >= 11 is 5.68. The van der Waals surface area contributed by atoms with Crippen molar-refractivity contribution in [1.82, 2.24) is 9.97 Å². The minimum atomic E-state index is -4.59. The van der Waals surface area contributed by atoms with E-state index in [2.05, 4.69) is 9.97 Å². The van der Waals surface area contributed by atoms with E-state index in [0.717, 1.165) is 12.1 Å². The molecule has 0 aliphatic carbocycles. The molecular formula is C13H8ClF3N2O. The van der Waals surface area contributed by atoms with Crippen LogP contribution in [0.1, 0.15) is 21.5 Å². The summed E-state index contributed by atoms with van der Waals surface area (Å²) in [4.78, 5) is 19.5. The van der Waals surface area contributed by atoms with Gasteiger partial charge in [-0.15, -0.1) is 0 Å². The van der Waals surface area contributed by atoms with E-state index in [1.807, 2.05) is 0 Å². The van der Waals surface area contributed by atoms with Gasteiger partial charge >= 0.3 is 6.18 Å². The molecule has 104 valence electrons. The van der Waals surface area contributed by atoms with Crippen molar-refractivity contribution in [3.8, 4) is 0 Å². The Hall–Kier alpha value is -1.95. The van der Waals surface area contributed by atoms with Gasteiger partial charge in [0.05, 0.1) is 10.6 Å². The number of carbonyl (C=O) groups excluding carboxylic acids is 1. The maximum absolute atomic E-state index is 12.7. The van der Waals surface area contributed by atoms with E-state index in [1.54, 1.807) is 0 Å². The van der Waals surface area contributed by atoms with Crippen LogP contribution in [0.15, 0.2) is 36.9 Å². The van der Waals surface area contributed by atoms with Gasteiger partial charge in [0.1, 0.15) is 6.33 Å². The van der Waals surface area contributed by atoms with Gasteiger partial charge in [-0.3, -0.25) is 4.79 Å². The lowest BCUT2D eigenvalue weighted by Gasteiger charge is -2.11. The predicted molar refractivity (Wildman–Crippen MR) is 66.5 cm³/mol. The van der Waals surface area contributed by atoms with E-state index < -0.39 is 22.5 Å². The number of rotatable bonds is 3. The summed E-state index contributed by atoms with van der Waals surface area (Å²) in [5.41, 5.74) is -0.675. The molecule has 0 spiro atoms. The number of nitrogens with zero attached hydrogens (tertiary/aromatic N) is 2. The molecule has 0 aliphatic heterocycles. The number of hydrogen-bond donors (Lipinski definition) is 0. The second-order valence-corrected chi connectivity index (χ2v) is 4.39. The zero-order valence-electron chi connectivity index (χ0n) is 9.99. The van der Waals surface area contributed by atoms with Crippen LogP contribution in [0.3, 0.4) is 0 Å². The van der Waals surface area contributed by atoms with Crippen LogP contribution in [0, 0.1) is 0 Å². The third-order valence-electron chi connectivity index (χ3n) is 2.58. The Morgan fingerprint density at radius 2 is 1.85 bits per heavy atom. The molecule has 0 fully saturated rings. The van der Waals surface area contributed by atoms with Crippen molar-refractivity contribution in [2.24, 2.45) is 0 Å².